The summed E-state index contributed by atoms with van der Waals surface area (Å²) in [5.41, 5.74) is 4.96. The van der Waals surface area contributed by atoms with E-state index < -0.39 is 0 Å². The minimum absolute atomic E-state index is 0.499. The molecule has 2 nitrogen and oxygen atoms in total. The van der Waals surface area contributed by atoms with Crippen LogP contribution in [0.1, 0.15) is 41.3 Å². The van der Waals surface area contributed by atoms with Crippen molar-refractivity contribution >= 4 is 15.9 Å². The smallest absolute Gasteiger partial charge is 0.141 e. The number of alkyl halides is 1. The molecule has 1 aliphatic rings. The highest BCUT2D eigenvalue weighted by molar-refractivity contribution is 9.08. The van der Waals surface area contributed by atoms with Gasteiger partial charge in [0.15, 0.2) is 0 Å². The number of hydrogen-bond acceptors (Lipinski definition) is 2. The Morgan fingerprint density at radius 2 is 2.10 bits per heavy atom. The Bertz CT molecular complexity index is 626. The first kappa shape index (κ1) is 14.6. The molecule has 1 aromatic carbocycles. The van der Waals surface area contributed by atoms with Gasteiger partial charge in [0.05, 0.1) is 12.3 Å². The molecule has 0 aliphatic heterocycles. The van der Waals surface area contributed by atoms with Crippen molar-refractivity contribution in [2.45, 2.75) is 37.4 Å². The number of pyridine rings is 1. The molecule has 0 bridgehead atoms. The molecule has 1 heterocycles. The minimum Gasteiger partial charge on any atom is -0.491 e. The van der Waals surface area contributed by atoms with Gasteiger partial charge in [-0.3, -0.25) is 4.98 Å². The standard InChI is InChI=1S/C18H20BrNO/c1-13-9-10-18(17(11-19)20-13)21-12-15-7-4-6-14-5-2-3-8-16(14)15/h2-3,5,8-10,15H,4,6-7,11-12H2,1H3. The molecule has 1 unspecified atom stereocenters. The van der Waals surface area contributed by atoms with Gasteiger partial charge in [0.2, 0.25) is 0 Å². The molecule has 0 spiro atoms. The van der Waals surface area contributed by atoms with Crippen LogP contribution in [0.2, 0.25) is 0 Å². The van der Waals surface area contributed by atoms with Gasteiger partial charge >= 0.3 is 0 Å². The third-order valence-electron chi connectivity index (χ3n) is 4.13. The summed E-state index contributed by atoms with van der Waals surface area (Å²) < 4.78 is 6.09. The SMILES string of the molecule is Cc1ccc(OCC2CCCc3ccccc32)c(CBr)n1. The molecule has 0 saturated carbocycles. The number of nitrogens with zero attached hydrogens (tertiary/aromatic N) is 1. The summed E-state index contributed by atoms with van der Waals surface area (Å²) in [5.74, 6) is 1.40. The second kappa shape index (κ2) is 6.61. The van der Waals surface area contributed by atoms with E-state index in [2.05, 4.69) is 45.2 Å². The van der Waals surface area contributed by atoms with Crippen LogP contribution in [0, 0.1) is 6.92 Å². The zero-order chi connectivity index (χ0) is 14.7. The van der Waals surface area contributed by atoms with E-state index in [1.165, 1.54) is 30.4 Å². The highest BCUT2D eigenvalue weighted by Crippen LogP contribution is 2.32. The first-order valence-corrected chi connectivity index (χ1v) is 8.63. The molecule has 110 valence electrons. The number of rotatable bonds is 4. The number of ether oxygens (including phenoxy) is 1. The number of hydrogen-bond donors (Lipinski definition) is 0. The van der Waals surface area contributed by atoms with Crippen LogP contribution in [0.4, 0.5) is 0 Å². The van der Waals surface area contributed by atoms with Crippen LogP contribution < -0.4 is 4.74 Å². The zero-order valence-electron chi connectivity index (χ0n) is 12.3. The van der Waals surface area contributed by atoms with E-state index in [0.29, 0.717) is 5.92 Å². The van der Waals surface area contributed by atoms with E-state index in [1.807, 2.05) is 19.1 Å². The Hall–Kier alpha value is -1.35. The molecule has 1 aromatic heterocycles. The Morgan fingerprint density at radius 3 is 2.95 bits per heavy atom. The van der Waals surface area contributed by atoms with Crippen molar-refractivity contribution in [3.05, 3.63) is 58.9 Å². The molecule has 3 heteroatoms. The van der Waals surface area contributed by atoms with E-state index in [4.69, 9.17) is 4.74 Å². The second-order valence-electron chi connectivity index (χ2n) is 5.63. The quantitative estimate of drug-likeness (QED) is 0.743. The molecule has 0 radical (unpaired) electrons. The van der Waals surface area contributed by atoms with Crippen LogP contribution in [0.25, 0.3) is 0 Å². The summed E-state index contributed by atoms with van der Waals surface area (Å²) in [6, 6.07) is 12.8. The molecule has 0 saturated heterocycles. The Kier molecular flexibility index (Phi) is 4.59. The maximum absolute atomic E-state index is 6.09. The molecule has 0 amide bonds. The lowest BCUT2D eigenvalue weighted by atomic mass is 9.83. The van der Waals surface area contributed by atoms with Crippen LogP contribution >= 0.6 is 15.9 Å². The van der Waals surface area contributed by atoms with E-state index in [1.54, 1.807) is 0 Å². The summed E-state index contributed by atoms with van der Waals surface area (Å²) in [7, 11) is 0. The topological polar surface area (TPSA) is 22.1 Å². The maximum atomic E-state index is 6.09. The number of halogens is 1. The Labute approximate surface area is 134 Å². The van der Waals surface area contributed by atoms with Gasteiger partial charge in [-0.05, 0) is 49.4 Å². The van der Waals surface area contributed by atoms with Crippen molar-refractivity contribution in [3.8, 4) is 5.75 Å². The molecule has 3 rings (SSSR count). The van der Waals surface area contributed by atoms with Crippen molar-refractivity contribution in [2.75, 3.05) is 6.61 Å². The van der Waals surface area contributed by atoms with Gasteiger partial charge in [-0.1, -0.05) is 40.2 Å². The minimum atomic E-state index is 0.499. The first-order chi connectivity index (χ1) is 10.3. The van der Waals surface area contributed by atoms with E-state index in [0.717, 1.165) is 29.1 Å². The number of aryl methyl sites for hydroxylation is 2. The fraction of sp³-hybridized carbons (Fsp3) is 0.389. The van der Waals surface area contributed by atoms with Gasteiger partial charge in [0, 0.05) is 16.9 Å². The molecule has 2 aromatic rings. The molecule has 0 fully saturated rings. The number of aromatic nitrogens is 1. The number of fused-ring (bicyclic) bond motifs is 1. The van der Waals surface area contributed by atoms with Crippen LogP contribution in [0.15, 0.2) is 36.4 Å². The fourth-order valence-corrected chi connectivity index (χ4v) is 3.44. The van der Waals surface area contributed by atoms with Crippen LogP contribution in [0.3, 0.4) is 0 Å². The highest BCUT2D eigenvalue weighted by Gasteiger charge is 2.20. The lowest BCUT2D eigenvalue weighted by Gasteiger charge is -2.25. The summed E-state index contributed by atoms with van der Waals surface area (Å²) in [5, 5.41) is 0.727. The van der Waals surface area contributed by atoms with Gasteiger partial charge in [0.25, 0.3) is 0 Å². The van der Waals surface area contributed by atoms with Gasteiger partial charge in [0.1, 0.15) is 5.75 Å². The number of benzene rings is 1. The van der Waals surface area contributed by atoms with Crippen LogP contribution in [0.5, 0.6) is 5.75 Å². The molecule has 21 heavy (non-hydrogen) atoms. The average molecular weight is 346 g/mol. The Balaban J connectivity index is 1.74. The maximum Gasteiger partial charge on any atom is 0.141 e. The van der Waals surface area contributed by atoms with Crippen LogP contribution in [-0.4, -0.2) is 11.6 Å². The molecule has 0 N–H and O–H groups in total. The van der Waals surface area contributed by atoms with Crippen molar-refractivity contribution < 1.29 is 4.74 Å². The molecule has 1 atom stereocenters. The van der Waals surface area contributed by atoms with Crippen molar-refractivity contribution in [1.29, 1.82) is 0 Å². The van der Waals surface area contributed by atoms with Crippen molar-refractivity contribution in [1.82, 2.24) is 4.98 Å². The summed E-state index contributed by atoms with van der Waals surface area (Å²) in [6.07, 6.45) is 3.66. The summed E-state index contributed by atoms with van der Waals surface area (Å²) in [6.45, 7) is 2.75. The Morgan fingerprint density at radius 1 is 1.24 bits per heavy atom. The van der Waals surface area contributed by atoms with Gasteiger partial charge in [-0.25, -0.2) is 0 Å². The van der Waals surface area contributed by atoms with Gasteiger partial charge in [-0.15, -0.1) is 0 Å². The van der Waals surface area contributed by atoms with E-state index in [-0.39, 0.29) is 0 Å². The van der Waals surface area contributed by atoms with Gasteiger partial charge < -0.3 is 4.74 Å². The third kappa shape index (κ3) is 3.29. The highest BCUT2D eigenvalue weighted by atomic mass is 79.9. The zero-order valence-corrected chi connectivity index (χ0v) is 13.9. The fourth-order valence-electron chi connectivity index (χ4n) is 3.04. The predicted octanol–water partition coefficient (Wildman–Crippen LogP) is 4.78. The second-order valence-corrected chi connectivity index (χ2v) is 6.19. The molecular formula is C18H20BrNO. The first-order valence-electron chi connectivity index (χ1n) is 7.51. The largest absolute Gasteiger partial charge is 0.491 e. The van der Waals surface area contributed by atoms with Crippen molar-refractivity contribution in [2.24, 2.45) is 0 Å². The lowest BCUT2D eigenvalue weighted by molar-refractivity contribution is 0.271. The predicted molar refractivity (Wildman–Crippen MR) is 89.2 cm³/mol. The average Bonchev–Trinajstić information content (AvgIpc) is 2.53. The van der Waals surface area contributed by atoms with Crippen LogP contribution in [-0.2, 0) is 11.8 Å². The van der Waals surface area contributed by atoms with Gasteiger partial charge in [-0.2, -0.15) is 0 Å². The summed E-state index contributed by atoms with van der Waals surface area (Å²) >= 11 is 3.49. The van der Waals surface area contributed by atoms with E-state index >= 15 is 0 Å². The molecular weight excluding hydrogens is 326 g/mol. The third-order valence-corrected chi connectivity index (χ3v) is 4.66. The van der Waals surface area contributed by atoms with E-state index in [9.17, 15) is 0 Å². The molecule has 1 aliphatic carbocycles. The normalized spacial score (nSPS) is 17.3. The summed E-state index contributed by atoms with van der Waals surface area (Å²) in [4.78, 5) is 4.53. The lowest BCUT2D eigenvalue weighted by Crippen LogP contribution is -2.17. The monoisotopic (exact) mass is 345 g/mol. The van der Waals surface area contributed by atoms with Crippen molar-refractivity contribution in [3.63, 3.8) is 0 Å².